The molecule has 0 aromatic heterocycles. The van der Waals surface area contributed by atoms with Gasteiger partial charge >= 0.3 is 18.1 Å². The summed E-state index contributed by atoms with van der Waals surface area (Å²) < 4.78 is 55.5. The minimum atomic E-state index is -6.02. The zero-order valence-electron chi connectivity index (χ0n) is 6.05. The molecular weight excluding hydrogens is 319 g/mol. The summed E-state index contributed by atoms with van der Waals surface area (Å²) in [6, 6.07) is 0. The molecule has 0 bridgehead atoms. The summed E-state index contributed by atoms with van der Waals surface area (Å²) in [5.74, 6) is -8.84. The largest absolute Gasteiger partial charge is 0.477 e. The second-order valence-corrected chi connectivity index (χ2v) is 1.38. The van der Waals surface area contributed by atoms with E-state index in [1.165, 1.54) is 0 Å². The molecular formula is C3H7AgF5O5. The minimum Gasteiger partial charge on any atom is -0.477 e. The summed E-state index contributed by atoms with van der Waals surface area (Å²) >= 11 is 0. The monoisotopic (exact) mass is 325 g/mol. The molecule has 0 saturated carbocycles. The Bertz CT molecular complexity index is 158. The van der Waals surface area contributed by atoms with Gasteiger partial charge in [0.2, 0.25) is 0 Å². The Labute approximate surface area is 89.3 Å². The molecule has 0 fully saturated rings. The number of halogens is 5. The fourth-order valence-corrected chi connectivity index (χ4v) is 0.121. The van der Waals surface area contributed by atoms with Crippen molar-refractivity contribution in [1.29, 1.82) is 0 Å². The molecule has 0 aliphatic rings. The molecule has 0 aromatic rings. The molecule has 1 radical (unpaired) electrons. The van der Waals surface area contributed by atoms with Crippen LogP contribution in [0.1, 0.15) is 0 Å². The van der Waals surface area contributed by atoms with Crippen LogP contribution in [-0.2, 0) is 27.2 Å². The van der Waals surface area contributed by atoms with E-state index in [-0.39, 0.29) is 38.8 Å². The molecule has 7 N–H and O–H groups in total. The molecule has 0 heterocycles. The fraction of sp³-hybridized carbons (Fsp3) is 0.667. The van der Waals surface area contributed by atoms with Crippen LogP contribution in [0.25, 0.3) is 0 Å². The molecule has 0 spiro atoms. The molecule has 0 aromatic carbocycles. The first kappa shape index (κ1) is 29.2. The van der Waals surface area contributed by atoms with Crippen LogP contribution in [0.15, 0.2) is 0 Å². The number of alkyl halides is 5. The van der Waals surface area contributed by atoms with E-state index < -0.39 is 18.1 Å². The van der Waals surface area contributed by atoms with Gasteiger partial charge in [0.1, 0.15) is 0 Å². The molecule has 95 valence electrons. The van der Waals surface area contributed by atoms with Crippen LogP contribution < -0.4 is 0 Å². The first-order chi connectivity index (χ1) is 4.19. The van der Waals surface area contributed by atoms with E-state index in [1.807, 2.05) is 0 Å². The average Bonchev–Trinajstić information content (AvgIpc) is 1.62. The molecule has 0 atom stereocenters. The number of carboxylic acid groups (broad SMARTS) is 1. The SMILES string of the molecule is O.O.O.O=C(O)C(F)(F)C(F)(F)F.[Ag]. The zero-order chi connectivity index (χ0) is 8.58. The van der Waals surface area contributed by atoms with E-state index in [1.54, 1.807) is 0 Å². The molecule has 0 saturated heterocycles. The molecule has 11 heteroatoms. The first-order valence-corrected chi connectivity index (χ1v) is 1.87. The van der Waals surface area contributed by atoms with E-state index >= 15 is 0 Å². The summed E-state index contributed by atoms with van der Waals surface area (Å²) in [6.45, 7) is 0. The van der Waals surface area contributed by atoms with Crippen LogP contribution in [-0.4, -0.2) is 39.6 Å². The number of hydrogen-bond acceptors (Lipinski definition) is 1. The van der Waals surface area contributed by atoms with Crippen molar-refractivity contribution in [3.8, 4) is 0 Å². The van der Waals surface area contributed by atoms with Crippen molar-refractivity contribution in [3.05, 3.63) is 0 Å². The van der Waals surface area contributed by atoms with Crippen molar-refractivity contribution < 1.29 is 70.7 Å². The molecule has 0 aliphatic carbocycles. The van der Waals surface area contributed by atoms with Crippen LogP contribution in [0.3, 0.4) is 0 Å². The Balaban J connectivity index is -0.0000000675. The zero-order valence-corrected chi connectivity index (χ0v) is 7.53. The summed E-state index contributed by atoms with van der Waals surface area (Å²) in [7, 11) is 0. The third kappa shape index (κ3) is 6.23. The third-order valence-electron chi connectivity index (χ3n) is 0.625. The van der Waals surface area contributed by atoms with Crippen LogP contribution in [0.5, 0.6) is 0 Å². The predicted molar refractivity (Wildman–Crippen MR) is 29.5 cm³/mol. The second kappa shape index (κ2) is 8.08. The van der Waals surface area contributed by atoms with Crippen molar-refractivity contribution in [2.75, 3.05) is 0 Å². The van der Waals surface area contributed by atoms with E-state index in [4.69, 9.17) is 5.11 Å². The van der Waals surface area contributed by atoms with Gasteiger partial charge in [0, 0.05) is 22.4 Å². The molecule has 0 unspecified atom stereocenters. The second-order valence-electron chi connectivity index (χ2n) is 1.38. The van der Waals surface area contributed by atoms with E-state index in [9.17, 15) is 26.7 Å². The normalized spacial score (nSPS) is 9.50. The number of carbonyl (C=O) groups is 1. The molecule has 14 heavy (non-hydrogen) atoms. The Morgan fingerprint density at radius 1 is 0.929 bits per heavy atom. The maximum atomic E-state index is 11.3. The van der Waals surface area contributed by atoms with Gasteiger partial charge in [0.05, 0.1) is 0 Å². The van der Waals surface area contributed by atoms with Crippen LogP contribution in [0, 0.1) is 0 Å². The van der Waals surface area contributed by atoms with Crippen molar-refractivity contribution in [1.82, 2.24) is 0 Å². The van der Waals surface area contributed by atoms with Crippen molar-refractivity contribution in [3.63, 3.8) is 0 Å². The number of rotatable bonds is 1. The number of hydrogen-bond donors (Lipinski definition) is 1. The molecule has 0 aliphatic heterocycles. The topological polar surface area (TPSA) is 132 Å². The maximum Gasteiger partial charge on any atom is 0.465 e. The quantitative estimate of drug-likeness (QED) is 0.479. The van der Waals surface area contributed by atoms with Crippen molar-refractivity contribution in [2.45, 2.75) is 12.1 Å². The first-order valence-electron chi connectivity index (χ1n) is 1.87. The summed E-state index contributed by atoms with van der Waals surface area (Å²) in [5, 5.41) is 7.31. The van der Waals surface area contributed by atoms with Gasteiger partial charge in [-0.05, 0) is 0 Å². The molecule has 5 nitrogen and oxygen atoms in total. The molecule has 0 rings (SSSR count). The third-order valence-corrected chi connectivity index (χ3v) is 0.625. The van der Waals surface area contributed by atoms with Gasteiger partial charge in [-0.2, -0.15) is 22.0 Å². The van der Waals surface area contributed by atoms with E-state index in [0.717, 1.165) is 0 Å². The standard InChI is InChI=1S/C3HF5O2.Ag.3H2O/c4-2(5,1(9)10)3(6,7)8;;;;/h(H,9,10);;3*1H2. The minimum absolute atomic E-state index is 0. The van der Waals surface area contributed by atoms with Gasteiger partial charge in [-0.1, -0.05) is 0 Å². The summed E-state index contributed by atoms with van der Waals surface area (Å²) in [5.41, 5.74) is 0. The summed E-state index contributed by atoms with van der Waals surface area (Å²) in [6.07, 6.45) is -6.02. The van der Waals surface area contributed by atoms with Crippen LogP contribution >= 0.6 is 0 Å². The number of aliphatic carboxylic acids is 1. The predicted octanol–water partition coefficient (Wildman–Crippen LogP) is -1.21. The smallest absolute Gasteiger partial charge is 0.465 e. The Kier molecular flexibility index (Phi) is 16.9. The van der Waals surface area contributed by atoms with Crippen LogP contribution in [0.4, 0.5) is 22.0 Å². The number of carboxylic acids is 1. The maximum absolute atomic E-state index is 11.3. The van der Waals surface area contributed by atoms with Gasteiger partial charge in [0.15, 0.2) is 0 Å². The average molecular weight is 326 g/mol. The van der Waals surface area contributed by atoms with Crippen molar-refractivity contribution >= 4 is 5.97 Å². The Hall–Kier alpha value is -0.260. The Morgan fingerprint density at radius 2 is 1.14 bits per heavy atom. The summed E-state index contributed by atoms with van der Waals surface area (Å²) in [4.78, 5) is 9.20. The van der Waals surface area contributed by atoms with Gasteiger partial charge < -0.3 is 21.5 Å². The van der Waals surface area contributed by atoms with E-state index in [0.29, 0.717) is 0 Å². The van der Waals surface area contributed by atoms with Crippen molar-refractivity contribution in [2.24, 2.45) is 0 Å². The van der Waals surface area contributed by atoms with Gasteiger partial charge in [-0.25, -0.2) is 4.79 Å². The fourth-order valence-electron chi connectivity index (χ4n) is 0.121. The Morgan fingerprint density at radius 3 is 1.14 bits per heavy atom. The van der Waals surface area contributed by atoms with Gasteiger partial charge in [0.25, 0.3) is 0 Å². The van der Waals surface area contributed by atoms with E-state index in [2.05, 4.69) is 0 Å². The van der Waals surface area contributed by atoms with Gasteiger partial charge in [-0.3, -0.25) is 0 Å². The van der Waals surface area contributed by atoms with Crippen LogP contribution in [0.2, 0.25) is 0 Å². The van der Waals surface area contributed by atoms with Gasteiger partial charge in [-0.15, -0.1) is 0 Å². The molecule has 0 amide bonds.